The van der Waals surface area contributed by atoms with Gasteiger partial charge in [-0.25, -0.2) is 22.4 Å². The van der Waals surface area contributed by atoms with E-state index in [-0.39, 0.29) is 0 Å². The largest absolute Gasteiger partial charge is 0.478 e. The normalized spacial score (nSPS) is 16.9. The van der Waals surface area contributed by atoms with Gasteiger partial charge in [0.15, 0.2) is 0 Å². The molecule has 0 saturated carbocycles. The lowest BCUT2D eigenvalue weighted by Gasteiger charge is -2.38. The highest BCUT2D eigenvalue weighted by atomic mass is 19.4. The molecule has 0 aromatic heterocycles. The number of carbonyl (C=O) groups is 1. The zero-order valence-corrected chi connectivity index (χ0v) is 10.8. The Hall–Kier alpha value is -1.63. The molecule has 0 rings (SSSR count). The molecule has 0 aliphatic rings. The van der Waals surface area contributed by atoms with Gasteiger partial charge in [-0.05, 0) is 0 Å². The molecule has 0 amide bonds. The van der Waals surface area contributed by atoms with Crippen molar-refractivity contribution in [1.29, 1.82) is 0 Å². The fourth-order valence-corrected chi connectivity index (χ4v) is 1.24. The second-order valence-electron chi connectivity index (χ2n) is 4.32. The van der Waals surface area contributed by atoms with Crippen molar-refractivity contribution >= 4 is 5.97 Å². The molecule has 2 unspecified atom stereocenters. The van der Waals surface area contributed by atoms with Crippen molar-refractivity contribution in [2.45, 2.75) is 42.5 Å². The second kappa shape index (κ2) is 6.35. The number of aliphatic carboxylic acids is 1. The van der Waals surface area contributed by atoms with Gasteiger partial charge in [0.25, 0.3) is 6.43 Å². The van der Waals surface area contributed by atoms with E-state index < -0.39 is 54.0 Å². The van der Waals surface area contributed by atoms with Crippen molar-refractivity contribution in [2.24, 2.45) is 0 Å². The molecule has 0 saturated heterocycles. The lowest BCUT2D eigenvalue weighted by Crippen LogP contribution is -2.67. The summed E-state index contributed by atoms with van der Waals surface area (Å²) in [4.78, 5) is 10.1. The van der Waals surface area contributed by atoms with E-state index in [1.54, 1.807) is 0 Å². The first-order chi connectivity index (χ1) is 10.4. The minimum absolute atomic E-state index is 2.03. The molecule has 0 radical (unpaired) electrons. The van der Waals surface area contributed by atoms with E-state index in [0.717, 1.165) is 0 Å². The van der Waals surface area contributed by atoms with Gasteiger partial charge in [-0.2, -0.15) is 35.1 Å². The summed E-state index contributed by atoms with van der Waals surface area (Å²) in [6.07, 6.45) is -15.1. The summed E-state index contributed by atoms with van der Waals surface area (Å²) in [5.41, 5.74) is -2.41. The SMILES string of the molecule is C=C(C(=O)O)C(F)C(F)(F)C(F)(F)C(F)(F)C(F)(F)C(F)C(F)F. The number of alkyl halides is 12. The third kappa shape index (κ3) is 3.14. The third-order valence-electron chi connectivity index (χ3n) is 2.70. The van der Waals surface area contributed by atoms with Crippen LogP contribution >= 0.6 is 0 Å². The van der Waals surface area contributed by atoms with E-state index in [1.807, 2.05) is 6.58 Å². The Morgan fingerprint density at radius 1 is 0.792 bits per heavy atom. The van der Waals surface area contributed by atoms with Crippen LogP contribution < -0.4 is 0 Å². The number of halogens is 12. The molecular weight excluding hydrogens is 380 g/mol. The van der Waals surface area contributed by atoms with Crippen molar-refractivity contribution in [3.8, 4) is 0 Å². The molecule has 0 fully saturated rings. The van der Waals surface area contributed by atoms with Crippen molar-refractivity contribution in [1.82, 2.24) is 0 Å². The van der Waals surface area contributed by atoms with Gasteiger partial charge in [0.1, 0.15) is 0 Å². The molecule has 142 valence electrons. The predicted octanol–water partition coefficient (Wildman–Crippen LogP) is 4.11. The van der Waals surface area contributed by atoms with Gasteiger partial charge in [-0.15, -0.1) is 0 Å². The molecule has 24 heavy (non-hydrogen) atoms. The Balaban J connectivity index is 6.09. The van der Waals surface area contributed by atoms with Gasteiger partial charge in [-0.3, -0.25) is 0 Å². The molecule has 2 atom stereocenters. The van der Waals surface area contributed by atoms with Crippen LogP contribution in [0, 0.1) is 0 Å². The smallest absolute Gasteiger partial charge is 0.381 e. The third-order valence-corrected chi connectivity index (χ3v) is 2.70. The topological polar surface area (TPSA) is 37.3 Å². The second-order valence-corrected chi connectivity index (χ2v) is 4.32. The monoisotopic (exact) mass is 386 g/mol. The van der Waals surface area contributed by atoms with Gasteiger partial charge < -0.3 is 5.11 Å². The van der Waals surface area contributed by atoms with E-state index in [9.17, 15) is 57.5 Å². The average molecular weight is 386 g/mol. The number of rotatable bonds is 8. The van der Waals surface area contributed by atoms with Crippen LogP contribution in [0.3, 0.4) is 0 Å². The molecule has 14 heteroatoms. The maximum atomic E-state index is 13.1. The zero-order valence-electron chi connectivity index (χ0n) is 10.8. The Kier molecular flexibility index (Phi) is 5.92. The van der Waals surface area contributed by atoms with Gasteiger partial charge >= 0.3 is 29.7 Å². The highest BCUT2D eigenvalue weighted by Crippen LogP contribution is 2.56. The molecule has 0 aromatic rings. The van der Waals surface area contributed by atoms with Crippen LogP contribution in [0.15, 0.2) is 12.2 Å². The van der Waals surface area contributed by atoms with Crippen molar-refractivity contribution < 1.29 is 62.6 Å². The minimum Gasteiger partial charge on any atom is -0.478 e. The Morgan fingerprint density at radius 3 is 1.42 bits per heavy atom. The van der Waals surface area contributed by atoms with E-state index in [0.29, 0.717) is 0 Å². The average Bonchev–Trinajstić information content (AvgIpc) is 2.43. The van der Waals surface area contributed by atoms with Crippen LogP contribution in [0.5, 0.6) is 0 Å². The predicted molar refractivity (Wildman–Crippen MR) is 52.4 cm³/mol. The van der Waals surface area contributed by atoms with Crippen molar-refractivity contribution in [3.63, 3.8) is 0 Å². The standard InChI is InChI=1S/C10H6F12O2/c1-2(6(23)24)3(11)7(15,16)9(19,20)10(21,22)8(17,18)4(12)5(13)14/h3-5H,1H2,(H,23,24). The Labute approximate surface area is 124 Å². The van der Waals surface area contributed by atoms with Crippen LogP contribution in [0.2, 0.25) is 0 Å². The van der Waals surface area contributed by atoms with Crippen LogP contribution in [0.1, 0.15) is 0 Å². The fourth-order valence-electron chi connectivity index (χ4n) is 1.24. The quantitative estimate of drug-likeness (QED) is 0.504. The van der Waals surface area contributed by atoms with E-state index in [1.165, 1.54) is 0 Å². The molecular formula is C10H6F12O2. The van der Waals surface area contributed by atoms with Crippen molar-refractivity contribution in [2.75, 3.05) is 0 Å². The summed E-state index contributed by atoms with van der Waals surface area (Å²) in [7, 11) is 0. The van der Waals surface area contributed by atoms with Crippen LogP contribution in [0.25, 0.3) is 0 Å². The summed E-state index contributed by atoms with van der Waals surface area (Å²) in [5.74, 6) is -31.6. The molecule has 0 heterocycles. The maximum Gasteiger partial charge on any atom is 0.381 e. The lowest BCUT2D eigenvalue weighted by atomic mass is 9.91. The molecule has 1 N–H and O–H groups in total. The summed E-state index contributed by atoms with van der Waals surface area (Å²) in [6, 6.07) is 0. The minimum atomic E-state index is -7.51. The number of carboxylic acids is 1. The highest BCUT2D eigenvalue weighted by molar-refractivity contribution is 5.87. The maximum absolute atomic E-state index is 13.1. The van der Waals surface area contributed by atoms with Crippen LogP contribution in [-0.2, 0) is 4.79 Å². The van der Waals surface area contributed by atoms with E-state index in [2.05, 4.69) is 0 Å². The lowest BCUT2D eigenvalue weighted by molar-refractivity contribution is -0.385. The molecule has 0 aliphatic heterocycles. The number of hydrogen-bond acceptors (Lipinski definition) is 1. The Bertz CT molecular complexity index is 500. The van der Waals surface area contributed by atoms with Gasteiger partial charge in [-0.1, -0.05) is 6.58 Å². The van der Waals surface area contributed by atoms with E-state index >= 15 is 0 Å². The first-order valence-corrected chi connectivity index (χ1v) is 5.37. The molecule has 0 spiro atoms. The first-order valence-electron chi connectivity index (χ1n) is 5.37. The first kappa shape index (κ1) is 22.4. The molecule has 0 bridgehead atoms. The molecule has 0 aliphatic carbocycles. The zero-order chi connectivity index (χ0) is 19.9. The highest BCUT2D eigenvalue weighted by Gasteiger charge is 2.84. The molecule has 2 nitrogen and oxygen atoms in total. The molecule has 0 aromatic carbocycles. The Morgan fingerprint density at radius 2 is 1.12 bits per heavy atom. The van der Waals surface area contributed by atoms with Crippen molar-refractivity contribution in [3.05, 3.63) is 12.2 Å². The van der Waals surface area contributed by atoms with Crippen LogP contribution in [0.4, 0.5) is 52.7 Å². The number of carboxylic acid groups (broad SMARTS) is 1. The summed E-state index contributed by atoms with van der Waals surface area (Å²) >= 11 is 0. The summed E-state index contributed by atoms with van der Waals surface area (Å²) in [6.45, 7) is 2.03. The van der Waals surface area contributed by atoms with Gasteiger partial charge in [0.2, 0.25) is 12.3 Å². The van der Waals surface area contributed by atoms with E-state index in [4.69, 9.17) is 5.11 Å². The van der Waals surface area contributed by atoms with Gasteiger partial charge in [0.05, 0.1) is 5.57 Å². The summed E-state index contributed by atoms with van der Waals surface area (Å²) in [5, 5.41) is 8.09. The summed E-state index contributed by atoms with van der Waals surface area (Å²) < 4.78 is 153. The number of hydrogen-bond donors (Lipinski definition) is 1. The van der Waals surface area contributed by atoms with Crippen LogP contribution in [-0.4, -0.2) is 53.5 Å². The fraction of sp³-hybridized carbons (Fsp3) is 0.700. The van der Waals surface area contributed by atoms with Gasteiger partial charge in [0, 0.05) is 0 Å².